The molecule has 1 fully saturated rings. The van der Waals surface area contributed by atoms with Gasteiger partial charge in [0, 0.05) is 28.9 Å². The van der Waals surface area contributed by atoms with Crippen molar-refractivity contribution >= 4 is 44.5 Å². The van der Waals surface area contributed by atoms with Crippen LogP contribution in [0.25, 0.3) is 4.96 Å². The van der Waals surface area contributed by atoms with Crippen LogP contribution in [0.4, 0.5) is 5.13 Å². The highest BCUT2D eigenvalue weighted by Crippen LogP contribution is 2.31. The normalized spacial score (nSPS) is 14.6. The fourth-order valence-corrected chi connectivity index (χ4v) is 4.65. The van der Waals surface area contributed by atoms with Gasteiger partial charge in [-0.25, -0.2) is 4.98 Å². The van der Waals surface area contributed by atoms with E-state index in [1.165, 1.54) is 24.2 Å². The van der Waals surface area contributed by atoms with Crippen LogP contribution in [0.15, 0.2) is 20.6 Å². The molecule has 3 heterocycles. The van der Waals surface area contributed by atoms with Crippen LogP contribution >= 0.6 is 34.4 Å². The van der Waals surface area contributed by atoms with Crippen molar-refractivity contribution in [3.8, 4) is 0 Å². The van der Waals surface area contributed by atoms with Crippen LogP contribution in [0.3, 0.4) is 0 Å². The van der Waals surface area contributed by atoms with Gasteiger partial charge in [0.1, 0.15) is 0 Å². The molecule has 6 nitrogen and oxygen atoms in total. The summed E-state index contributed by atoms with van der Waals surface area (Å²) in [6.07, 6.45) is 2.44. The molecule has 0 amide bonds. The average molecular weight is 351 g/mol. The van der Waals surface area contributed by atoms with E-state index < -0.39 is 0 Å². The molecule has 0 unspecified atom stereocenters. The Bertz CT molecular complexity index is 879. The molecule has 1 N–H and O–H groups in total. The Labute approximate surface area is 138 Å². The van der Waals surface area contributed by atoms with Crippen molar-refractivity contribution in [1.82, 2.24) is 19.6 Å². The molecular weight excluding hydrogens is 338 g/mol. The Morgan fingerprint density at radius 3 is 3.14 bits per heavy atom. The van der Waals surface area contributed by atoms with E-state index in [0.717, 1.165) is 25.8 Å². The molecular formula is C13H13N5OS3. The summed E-state index contributed by atoms with van der Waals surface area (Å²) >= 11 is 4.61. The van der Waals surface area contributed by atoms with Crippen LogP contribution in [0.1, 0.15) is 24.2 Å². The molecule has 22 heavy (non-hydrogen) atoms. The first-order valence-electron chi connectivity index (χ1n) is 6.88. The van der Waals surface area contributed by atoms with Gasteiger partial charge in [0.25, 0.3) is 5.56 Å². The van der Waals surface area contributed by atoms with Crippen molar-refractivity contribution in [2.45, 2.75) is 35.9 Å². The Balaban J connectivity index is 1.48. The van der Waals surface area contributed by atoms with Gasteiger partial charge < -0.3 is 5.32 Å². The molecule has 114 valence electrons. The summed E-state index contributed by atoms with van der Waals surface area (Å²) in [6, 6.07) is 2.18. The zero-order valence-corrected chi connectivity index (χ0v) is 14.2. The molecule has 0 spiro atoms. The predicted molar refractivity (Wildman–Crippen MR) is 90.2 cm³/mol. The van der Waals surface area contributed by atoms with Crippen LogP contribution in [0.5, 0.6) is 0 Å². The Kier molecular flexibility index (Phi) is 3.63. The maximum Gasteiger partial charge on any atom is 0.258 e. The third-order valence-electron chi connectivity index (χ3n) is 3.28. The maximum absolute atomic E-state index is 12.1. The molecule has 1 aliphatic carbocycles. The first-order valence-corrected chi connectivity index (χ1v) is 9.57. The van der Waals surface area contributed by atoms with Crippen molar-refractivity contribution in [2.75, 3.05) is 5.32 Å². The van der Waals surface area contributed by atoms with Crippen LogP contribution in [0.2, 0.25) is 0 Å². The van der Waals surface area contributed by atoms with E-state index in [-0.39, 0.29) is 5.56 Å². The third-order valence-corrected chi connectivity index (χ3v) is 6.25. The summed E-state index contributed by atoms with van der Waals surface area (Å²) in [4.78, 5) is 17.4. The van der Waals surface area contributed by atoms with Gasteiger partial charge in [-0.2, -0.15) is 0 Å². The van der Waals surface area contributed by atoms with Gasteiger partial charge in [-0.15, -0.1) is 21.5 Å². The number of fused-ring (bicyclic) bond motifs is 1. The lowest BCUT2D eigenvalue weighted by atomic mass is 10.4. The van der Waals surface area contributed by atoms with Gasteiger partial charge in [-0.1, -0.05) is 23.1 Å². The lowest BCUT2D eigenvalue weighted by molar-refractivity contribution is 0.986. The van der Waals surface area contributed by atoms with Crippen molar-refractivity contribution in [3.05, 3.63) is 33.2 Å². The van der Waals surface area contributed by atoms with E-state index in [4.69, 9.17) is 0 Å². The highest BCUT2D eigenvalue weighted by molar-refractivity contribution is 8.00. The second kappa shape index (κ2) is 5.64. The number of anilines is 1. The summed E-state index contributed by atoms with van der Waals surface area (Å²) in [6.45, 7) is 1.91. The molecule has 0 aliphatic heterocycles. The summed E-state index contributed by atoms with van der Waals surface area (Å²) < 4.78 is 2.54. The number of nitrogens with zero attached hydrogens (tertiary/aromatic N) is 4. The average Bonchev–Trinajstić information content (AvgIpc) is 3.05. The van der Waals surface area contributed by atoms with Crippen molar-refractivity contribution in [1.29, 1.82) is 0 Å². The van der Waals surface area contributed by atoms with E-state index in [2.05, 4.69) is 20.5 Å². The van der Waals surface area contributed by atoms with Crippen LogP contribution < -0.4 is 10.9 Å². The minimum absolute atomic E-state index is 0.0206. The fourth-order valence-electron chi connectivity index (χ4n) is 2.04. The Morgan fingerprint density at radius 1 is 1.45 bits per heavy atom. The van der Waals surface area contributed by atoms with E-state index in [9.17, 15) is 4.79 Å². The monoisotopic (exact) mass is 351 g/mol. The zero-order chi connectivity index (χ0) is 15.1. The fraction of sp³-hybridized carbons (Fsp3) is 0.385. The number of hydrogen-bond donors (Lipinski definition) is 1. The van der Waals surface area contributed by atoms with Gasteiger partial charge in [0.05, 0.1) is 5.69 Å². The summed E-state index contributed by atoms with van der Waals surface area (Å²) in [5, 5.41) is 14.5. The Hall–Kier alpha value is -1.45. The number of thioether (sulfide) groups is 1. The van der Waals surface area contributed by atoms with Crippen molar-refractivity contribution in [2.24, 2.45) is 0 Å². The molecule has 0 radical (unpaired) electrons. The number of nitrogens with one attached hydrogen (secondary N) is 1. The molecule has 3 aromatic rings. The zero-order valence-electron chi connectivity index (χ0n) is 11.8. The molecule has 0 atom stereocenters. The number of hydrogen-bond acceptors (Lipinski definition) is 8. The van der Waals surface area contributed by atoms with Crippen LogP contribution in [0, 0.1) is 6.92 Å². The summed E-state index contributed by atoms with van der Waals surface area (Å²) in [5.74, 6) is 0.626. The molecule has 0 saturated heterocycles. The number of aromatic nitrogens is 4. The van der Waals surface area contributed by atoms with E-state index >= 15 is 0 Å². The SMILES string of the molecule is Cc1csc2nc(CSc3nnc(NC4CC4)s3)cc(=O)n12. The first kappa shape index (κ1) is 14.2. The molecule has 9 heteroatoms. The Morgan fingerprint density at radius 2 is 2.32 bits per heavy atom. The quantitative estimate of drug-likeness (QED) is 0.713. The first-order chi connectivity index (χ1) is 10.7. The molecule has 4 rings (SSSR count). The van der Waals surface area contributed by atoms with Gasteiger partial charge >= 0.3 is 0 Å². The molecule has 1 aliphatic rings. The highest BCUT2D eigenvalue weighted by Gasteiger charge is 2.22. The molecule has 0 aromatic carbocycles. The van der Waals surface area contributed by atoms with Crippen LogP contribution in [-0.2, 0) is 5.75 Å². The topological polar surface area (TPSA) is 72.2 Å². The van der Waals surface area contributed by atoms with E-state index in [1.54, 1.807) is 33.6 Å². The predicted octanol–water partition coefficient (Wildman–Crippen LogP) is 2.78. The maximum atomic E-state index is 12.1. The number of thiazole rings is 1. The van der Waals surface area contributed by atoms with E-state index in [1.807, 2.05) is 12.3 Å². The van der Waals surface area contributed by atoms with Crippen molar-refractivity contribution < 1.29 is 0 Å². The standard InChI is InChI=1S/C13H13N5OS3/c1-7-5-20-12-15-9(4-10(19)18(7)12)6-21-13-17-16-11(22-13)14-8-2-3-8/h4-5,8H,2-3,6H2,1H3,(H,14,16). The molecule has 3 aromatic heterocycles. The largest absolute Gasteiger partial charge is 0.357 e. The lowest BCUT2D eigenvalue weighted by Crippen LogP contribution is -2.14. The van der Waals surface area contributed by atoms with Gasteiger partial charge in [0.15, 0.2) is 9.30 Å². The highest BCUT2D eigenvalue weighted by atomic mass is 32.2. The van der Waals surface area contributed by atoms with E-state index in [0.29, 0.717) is 11.8 Å². The van der Waals surface area contributed by atoms with Crippen LogP contribution in [-0.4, -0.2) is 25.6 Å². The third kappa shape index (κ3) is 2.88. The smallest absolute Gasteiger partial charge is 0.258 e. The summed E-state index contributed by atoms with van der Waals surface area (Å²) in [7, 11) is 0. The molecule has 1 saturated carbocycles. The van der Waals surface area contributed by atoms with Gasteiger partial charge in [-0.3, -0.25) is 9.20 Å². The number of rotatable bonds is 5. The second-order valence-electron chi connectivity index (χ2n) is 5.16. The summed E-state index contributed by atoms with van der Waals surface area (Å²) in [5.41, 5.74) is 1.69. The minimum atomic E-state index is -0.0206. The van der Waals surface area contributed by atoms with Gasteiger partial charge in [0.2, 0.25) is 5.13 Å². The second-order valence-corrected chi connectivity index (χ2v) is 8.20. The van der Waals surface area contributed by atoms with Gasteiger partial charge in [-0.05, 0) is 19.8 Å². The lowest BCUT2D eigenvalue weighted by Gasteiger charge is -2.00. The minimum Gasteiger partial charge on any atom is -0.357 e. The van der Waals surface area contributed by atoms with Crippen molar-refractivity contribution in [3.63, 3.8) is 0 Å². The molecule has 0 bridgehead atoms. The number of aryl methyl sites for hydroxylation is 1.